The molecule has 1 N–H and O–H groups in total. The number of hydrogen-bond acceptors (Lipinski definition) is 4. The molecule has 0 aliphatic carbocycles. The van der Waals surface area contributed by atoms with Gasteiger partial charge in [0.1, 0.15) is 10.3 Å². The summed E-state index contributed by atoms with van der Waals surface area (Å²) in [6.07, 6.45) is 5.70. The van der Waals surface area contributed by atoms with Crippen molar-refractivity contribution in [3.8, 4) is 0 Å². The Morgan fingerprint density at radius 2 is 2.13 bits per heavy atom. The largest absolute Gasteiger partial charge is 0.355 e. The highest BCUT2D eigenvalue weighted by Gasteiger charge is 2.39. The maximum absolute atomic E-state index is 12.7. The van der Waals surface area contributed by atoms with E-state index in [0.717, 1.165) is 37.0 Å². The highest BCUT2D eigenvalue weighted by atomic mass is 32.2. The van der Waals surface area contributed by atoms with Gasteiger partial charge in [0.2, 0.25) is 5.91 Å². The van der Waals surface area contributed by atoms with E-state index in [1.807, 2.05) is 6.92 Å². The number of amides is 1. The lowest BCUT2D eigenvalue weighted by Gasteiger charge is -2.22. The third kappa shape index (κ3) is 4.55. The number of unbranched alkanes of at least 4 members (excludes halogenated alkanes) is 3. The van der Waals surface area contributed by atoms with Gasteiger partial charge in [-0.15, -0.1) is 11.3 Å². The molecule has 23 heavy (non-hydrogen) atoms. The van der Waals surface area contributed by atoms with Crippen LogP contribution < -0.4 is 5.32 Å². The van der Waals surface area contributed by atoms with E-state index < -0.39 is 16.1 Å². The summed E-state index contributed by atoms with van der Waals surface area (Å²) in [6.45, 7) is 5.08. The monoisotopic (exact) mass is 358 g/mol. The second kappa shape index (κ2) is 8.26. The smallest absolute Gasteiger partial charge is 0.253 e. The Morgan fingerprint density at radius 1 is 1.35 bits per heavy atom. The van der Waals surface area contributed by atoms with Gasteiger partial charge in [0, 0.05) is 18.0 Å². The molecular formula is C16H26N2O3S2. The zero-order chi connectivity index (χ0) is 16.9. The summed E-state index contributed by atoms with van der Waals surface area (Å²) in [6, 6.07) is 2.87. The molecule has 130 valence electrons. The lowest BCUT2D eigenvalue weighted by molar-refractivity contribution is -0.124. The summed E-state index contributed by atoms with van der Waals surface area (Å²) in [5.41, 5.74) is 0. The fourth-order valence-corrected chi connectivity index (χ4v) is 5.91. The molecule has 2 heterocycles. The van der Waals surface area contributed by atoms with Crippen molar-refractivity contribution in [3.63, 3.8) is 0 Å². The summed E-state index contributed by atoms with van der Waals surface area (Å²) in [4.78, 5) is 13.3. The second-order valence-electron chi connectivity index (χ2n) is 5.99. The molecule has 1 atom stereocenters. The van der Waals surface area contributed by atoms with E-state index in [1.165, 1.54) is 15.6 Å². The maximum Gasteiger partial charge on any atom is 0.253 e. The van der Waals surface area contributed by atoms with Crippen molar-refractivity contribution in [2.24, 2.45) is 0 Å². The van der Waals surface area contributed by atoms with Crippen molar-refractivity contribution in [3.05, 3.63) is 17.0 Å². The molecule has 0 spiro atoms. The zero-order valence-corrected chi connectivity index (χ0v) is 15.5. The van der Waals surface area contributed by atoms with E-state index in [9.17, 15) is 13.2 Å². The summed E-state index contributed by atoms with van der Waals surface area (Å²) >= 11 is 1.26. The van der Waals surface area contributed by atoms with Crippen LogP contribution >= 0.6 is 11.3 Å². The number of carbonyl (C=O) groups excluding carboxylic acids is 1. The molecule has 1 unspecified atom stereocenters. The lowest BCUT2D eigenvalue weighted by Crippen LogP contribution is -2.45. The molecule has 7 heteroatoms. The van der Waals surface area contributed by atoms with E-state index >= 15 is 0 Å². The average Bonchev–Trinajstić information content (AvgIpc) is 3.16. The van der Waals surface area contributed by atoms with Crippen LogP contribution in [0.4, 0.5) is 0 Å². The van der Waals surface area contributed by atoms with Crippen molar-refractivity contribution in [1.29, 1.82) is 0 Å². The van der Waals surface area contributed by atoms with Gasteiger partial charge >= 0.3 is 0 Å². The summed E-state index contributed by atoms with van der Waals surface area (Å²) in [7, 11) is -3.56. The molecule has 2 rings (SSSR count). The van der Waals surface area contributed by atoms with Crippen LogP contribution in [0.1, 0.15) is 50.3 Å². The maximum atomic E-state index is 12.7. The van der Waals surface area contributed by atoms with Gasteiger partial charge in [0.05, 0.1) is 0 Å². The van der Waals surface area contributed by atoms with Crippen LogP contribution in [0.15, 0.2) is 16.3 Å². The Bertz CT molecular complexity index is 625. The van der Waals surface area contributed by atoms with Crippen molar-refractivity contribution in [1.82, 2.24) is 9.62 Å². The van der Waals surface area contributed by atoms with Gasteiger partial charge in [0.15, 0.2) is 0 Å². The van der Waals surface area contributed by atoms with Gasteiger partial charge < -0.3 is 5.32 Å². The number of hydrogen-bond donors (Lipinski definition) is 1. The van der Waals surface area contributed by atoms with Gasteiger partial charge in [0.25, 0.3) is 10.0 Å². The molecule has 0 saturated carbocycles. The van der Waals surface area contributed by atoms with Gasteiger partial charge in [-0.05, 0) is 38.3 Å². The summed E-state index contributed by atoms with van der Waals surface area (Å²) in [5.74, 6) is -0.157. The van der Waals surface area contributed by atoms with Crippen LogP contribution in [0, 0.1) is 6.92 Å². The third-order valence-electron chi connectivity index (χ3n) is 4.11. The van der Waals surface area contributed by atoms with E-state index in [1.54, 1.807) is 12.1 Å². The van der Waals surface area contributed by atoms with Crippen LogP contribution in [0.3, 0.4) is 0 Å². The molecule has 1 aromatic heterocycles. The minimum Gasteiger partial charge on any atom is -0.355 e. The number of aryl methyl sites for hydroxylation is 1. The first-order chi connectivity index (χ1) is 11.0. The highest BCUT2D eigenvalue weighted by Crippen LogP contribution is 2.30. The van der Waals surface area contributed by atoms with Crippen LogP contribution in [0.5, 0.6) is 0 Å². The van der Waals surface area contributed by atoms with Crippen LogP contribution in [0.2, 0.25) is 0 Å². The first-order valence-electron chi connectivity index (χ1n) is 8.33. The minimum absolute atomic E-state index is 0.157. The topological polar surface area (TPSA) is 66.5 Å². The summed E-state index contributed by atoms with van der Waals surface area (Å²) in [5, 5.41) is 2.90. The van der Waals surface area contributed by atoms with Crippen molar-refractivity contribution < 1.29 is 13.2 Å². The number of nitrogens with one attached hydrogen (secondary N) is 1. The van der Waals surface area contributed by atoms with Crippen molar-refractivity contribution in [2.75, 3.05) is 13.1 Å². The molecule has 1 aromatic rings. The molecule has 0 radical (unpaired) electrons. The van der Waals surface area contributed by atoms with Crippen molar-refractivity contribution in [2.45, 2.75) is 62.6 Å². The quantitative estimate of drug-likeness (QED) is 0.727. The second-order valence-corrected chi connectivity index (χ2v) is 9.40. The van der Waals surface area contributed by atoms with E-state index in [4.69, 9.17) is 0 Å². The Balaban J connectivity index is 1.98. The molecule has 1 aliphatic heterocycles. The molecule has 1 saturated heterocycles. The highest BCUT2D eigenvalue weighted by molar-refractivity contribution is 7.91. The number of nitrogens with zero attached hydrogens (tertiary/aromatic N) is 1. The Labute approximate surface area is 143 Å². The van der Waals surface area contributed by atoms with E-state index in [-0.39, 0.29) is 5.91 Å². The number of carbonyl (C=O) groups is 1. The fourth-order valence-electron chi connectivity index (χ4n) is 2.84. The van der Waals surface area contributed by atoms with Crippen LogP contribution in [-0.4, -0.2) is 37.8 Å². The molecule has 0 bridgehead atoms. The third-order valence-corrected chi connectivity index (χ3v) is 7.49. The Morgan fingerprint density at radius 3 is 2.78 bits per heavy atom. The molecule has 1 aliphatic rings. The molecule has 1 amide bonds. The fraction of sp³-hybridized carbons (Fsp3) is 0.688. The van der Waals surface area contributed by atoms with Gasteiger partial charge in [-0.2, -0.15) is 4.31 Å². The molecular weight excluding hydrogens is 332 g/mol. The van der Waals surface area contributed by atoms with E-state index in [2.05, 4.69) is 12.2 Å². The molecule has 1 fully saturated rings. The minimum atomic E-state index is -3.56. The number of thiophene rings is 1. The Kier molecular flexibility index (Phi) is 6.61. The number of sulfonamides is 1. The number of rotatable bonds is 8. The zero-order valence-electron chi connectivity index (χ0n) is 13.9. The predicted molar refractivity (Wildman–Crippen MR) is 93.1 cm³/mol. The SMILES string of the molecule is CCCCCCNC(=O)C1CCCN1S(=O)(=O)c1ccc(C)s1. The van der Waals surface area contributed by atoms with Crippen molar-refractivity contribution >= 4 is 27.3 Å². The van der Waals surface area contributed by atoms with Gasteiger partial charge in [-0.3, -0.25) is 4.79 Å². The van der Waals surface area contributed by atoms with E-state index in [0.29, 0.717) is 23.7 Å². The first kappa shape index (κ1) is 18.4. The normalized spacial score (nSPS) is 19.1. The lowest BCUT2D eigenvalue weighted by atomic mass is 10.2. The Hall–Kier alpha value is -0.920. The van der Waals surface area contributed by atoms with Crippen LogP contribution in [0.25, 0.3) is 0 Å². The van der Waals surface area contributed by atoms with Crippen LogP contribution in [-0.2, 0) is 14.8 Å². The van der Waals surface area contributed by atoms with Gasteiger partial charge in [-0.1, -0.05) is 26.2 Å². The predicted octanol–water partition coefficient (Wildman–Crippen LogP) is 2.91. The first-order valence-corrected chi connectivity index (χ1v) is 10.6. The summed E-state index contributed by atoms with van der Waals surface area (Å²) < 4.78 is 27.2. The standard InChI is InChI=1S/C16H26N2O3S2/c1-3-4-5-6-11-17-16(19)14-8-7-12-18(14)23(20,21)15-10-9-13(2)22-15/h9-10,14H,3-8,11-12H2,1-2H3,(H,17,19). The molecule has 0 aromatic carbocycles. The van der Waals surface area contributed by atoms with Gasteiger partial charge in [-0.25, -0.2) is 8.42 Å². The average molecular weight is 359 g/mol. The molecule has 5 nitrogen and oxygen atoms in total.